The van der Waals surface area contributed by atoms with E-state index in [1.54, 1.807) is 19.9 Å². The van der Waals surface area contributed by atoms with Crippen molar-refractivity contribution in [1.29, 1.82) is 0 Å². The summed E-state index contributed by atoms with van der Waals surface area (Å²) in [5.74, 6) is -0.434. The second-order valence-electron chi connectivity index (χ2n) is 4.26. The molecule has 0 bridgehead atoms. The number of nitrogens with two attached hydrogens (primary N) is 1. The van der Waals surface area contributed by atoms with Crippen LogP contribution in [0.15, 0.2) is 18.2 Å². The van der Waals surface area contributed by atoms with E-state index in [2.05, 4.69) is 0 Å². The predicted octanol–water partition coefficient (Wildman–Crippen LogP) is 2.50. The van der Waals surface area contributed by atoms with E-state index in [-0.39, 0.29) is 12.2 Å². The molecule has 1 aromatic carbocycles. The number of halogens is 2. The minimum absolute atomic E-state index is 0.126. The summed E-state index contributed by atoms with van der Waals surface area (Å²) in [4.78, 5) is 0. The molecular formula is C11H15ClFNO. The SMILES string of the molecule is CC(C)(CO)[C@@H](N)c1c(F)cccc1Cl. The molecule has 2 nitrogen and oxygen atoms in total. The fourth-order valence-corrected chi connectivity index (χ4v) is 1.58. The maximum Gasteiger partial charge on any atom is 0.129 e. The summed E-state index contributed by atoms with van der Waals surface area (Å²) < 4.78 is 13.5. The first-order valence-electron chi connectivity index (χ1n) is 4.70. The monoisotopic (exact) mass is 231 g/mol. The first kappa shape index (κ1) is 12.4. The third kappa shape index (κ3) is 2.48. The number of aliphatic hydroxyl groups is 1. The lowest BCUT2D eigenvalue weighted by atomic mass is 9.81. The molecule has 0 fully saturated rings. The van der Waals surface area contributed by atoms with Crippen molar-refractivity contribution < 1.29 is 9.50 Å². The molecular weight excluding hydrogens is 217 g/mol. The van der Waals surface area contributed by atoms with Crippen LogP contribution in [0.2, 0.25) is 5.02 Å². The zero-order chi connectivity index (χ0) is 11.6. The van der Waals surface area contributed by atoms with Crippen LogP contribution in [-0.2, 0) is 0 Å². The number of rotatable bonds is 3. The highest BCUT2D eigenvalue weighted by molar-refractivity contribution is 6.31. The topological polar surface area (TPSA) is 46.2 Å². The Morgan fingerprint density at radius 3 is 2.60 bits per heavy atom. The summed E-state index contributed by atoms with van der Waals surface area (Å²) in [7, 11) is 0. The summed E-state index contributed by atoms with van der Waals surface area (Å²) in [6.45, 7) is 3.40. The summed E-state index contributed by atoms with van der Waals surface area (Å²) in [5, 5.41) is 9.46. The van der Waals surface area contributed by atoms with Crippen LogP contribution in [0.5, 0.6) is 0 Å². The zero-order valence-electron chi connectivity index (χ0n) is 8.80. The van der Waals surface area contributed by atoms with Gasteiger partial charge in [0, 0.05) is 28.6 Å². The fourth-order valence-electron chi connectivity index (χ4n) is 1.30. The molecule has 0 heterocycles. The van der Waals surface area contributed by atoms with Gasteiger partial charge in [0.15, 0.2) is 0 Å². The Morgan fingerprint density at radius 2 is 2.13 bits per heavy atom. The second-order valence-corrected chi connectivity index (χ2v) is 4.67. The average Bonchev–Trinajstić information content (AvgIpc) is 2.17. The third-order valence-corrected chi connectivity index (χ3v) is 2.89. The molecule has 15 heavy (non-hydrogen) atoms. The third-order valence-electron chi connectivity index (χ3n) is 2.56. The second kappa shape index (κ2) is 4.47. The smallest absolute Gasteiger partial charge is 0.129 e. The van der Waals surface area contributed by atoms with E-state index in [0.29, 0.717) is 5.02 Å². The van der Waals surface area contributed by atoms with Gasteiger partial charge in [0.25, 0.3) is 0 Å². The molecule has 0 amide bonds. The molecule has 1 rings (SSSR count). The van der Waals surface area contributed by atoms with Crippen LogP contribution < -0.4 is 5.73 Å². The van der Waals surface area contributed by atoms with Crippen molar-refractivity contribution in [2.45, 2.75) is 19.9 Å². The summed E-state index contributed by atoms with van der Waals surface area (Å²) in [6, 6.07) is 3.80. The van der Waals surface area contributed by atoms with Crippen molar-refractivity contribution in [1.82, 2.24) is 0 Å². The Hall–Kier alpha value is -0.640. The highest BCUT2D eigenvalue weighted by Gasteiger charge is 2.30. The lowest BCUT2D eigenvalue weighted by molar-refractivity contribution is 0.131. The van der Waals surface area contributed by atoms with Crippen LogP contribution in [0, 0.1) is 11.2 Å². The van der Waals surface area contributed by atoms with Gasteiger partial charge in [-0.15, -0.1) is 0 Å². The number of hydrogen-bond donors (Lipinski definition) is 2. The van der Waals surface area contributed by atoms with Crippen molar-refractivity contribution >= 4 is 11.6 Å². The summed E-state index contributed by atoms with van der Waals surface area (Å²) in [6.07, 6.45) is 0. The lowest BCUT2D eigenvalue weighted by Gasteiger charge is -2.30. The maximum absolute atomic E-state index is 13.5. The van der Waals surface area contributed by atoms with E-state index in [1.807, 2.05) is 0 Å². The number of aliphatic hydroxyl groups excluding tert-OH is 1. The largest absolute Gasteiger partial charge is 0.396 e. The van der Waals surface area contributed by atoms with E-state index in [1.165, 1.54) is 12.1 Å². The molecule has 0 aliphatic rings. The van der Waals surface area contributed by atoms with Gasteiger partial charge in [-0.2, -0.15) is 0 Å². The van der Waals surface area contributed by atoms with E-state index >= 15 is 0 Å². The van der Waals surface area contributed by atoms with Crippen molar-refractivity contribution in [2.24, 2.45) is 11.1 Å². The molecule has 0 radical (unpaired) electrons. The van der Waals surface area contributed by atoms with Crippen LogP contribution in [0.4, 0.5) is 4.39 Å². The van der Waals surface area contributed by atoms with Gasteiger partial charge >= 0.3 is 0 Å². The van der Waals surface area contributed by atoms with Crippen molar-refractivity contribution in [2.75, 3.05) is 6.61 Å². The van der Waals surface area contributed by atoms with Gasteiger partial charge in [0.1, 0.15) is 5.82 Å². The van der Waals surface area contributed by atoms with Gasteiger partial charge in [-0.25, -0.2) is 4.39 Å². The van der Waals surface area contributed by atoms with E-state index in [9.17, 15) is 4.39 Å². The van der Waals surface area contributed by atoms with Crippen LogP contribution in [0.3, 0.4) is 0 Å². The molecule has 0 aliphatic heterocycles. The molecule has 0 aromatic heterocycles. The Balaban J connectivity index is 3.16. The Morgan fingerprint density at radius 1 is 1.53 bits per heavy atom. The van der Waals surface area contributed by atoms with Crippen molar-refractivity contribution in [3.05, 3.63) is 34.6 Å². The normalized spacial score (nSPS) is 14.0. The van der Waals surface area contributed by atoms with E-state index in [4.69, 9.17) is 22.4 Å². The Kier molecular flexibility index (Phi) is 3.71. The van der Waals surface area contributed by atoms with Crippen molar-refractivity contribution in [3.8, 4) is 0 Å². The maximum atomic E-state index is 13.5. The standard InChI is InChI=1S/C11H15ClFNO/c1-11(2,6-15)10(14)9-7(12)4-3-5-8(9)13/h3-5,10,15H,6,14H2,1-2H3/t10-/m0/s1. The lowest BCUT2D eigenvalue weighted by Crippen LogP contribution is -2.33. The molecule has 0 saturated carbocycles. The van der Waals surface area contributed by atoms with Crippen LogP contribution in [-0.4, -0.2) is 11.7 Å². The number of hydrogen-bond acceptors (Lipinski definition) is 2. The minimum atomic E-state index is -0.629. The fraction of sp³-hybridized carbons (Fsp3) is 0.455. The number of benzene rings is 1. The van der Waals surface area contributed by atoms with Gasteiger partial charge in [0.2, 0.25) is 0 Å². The zero-order valence-corrected chi connectivity index (χ0v) is 9.55. The van der Waals surface area contributed by atoms with Gasteiger partial charge in [-0.3, -0.25) is 0 Å². The van der Waals surface area contributed by atoms with Gasteiger partial charge < -0.3 is 10.8 Å². The van der Waals surface area contributed by atoms with Crippen LogP contribution >= 0.6 is 11.6 Å². The minimum Gasteiger partial charge on any atom is -0.396 e. The Bertz CT molecular complexity index is 334. The molecule has 0 aliphatic carbocycles. The van der Waals surface area contributed by atoms with Gasteiger partial charge in [0.05, 0.1) is 0 Å². The van der Waals surface area contributed by atoms with E-state index < -0.39 is 17.3 Å². The first-order chi connectivity index (χ1) is 6.90. The Labute approximate surface area is 93.9 Å². The quantitative estimate of drug-likeness (QED) is 0.840. The van der Waals surface area contributed by atoms with E-state index in [0.717, 1.165) is 0 Å². The first-order valence-corrected chi connectivity index (χ1v) is 5.08. The van der Waals surface area contributed by atoms with Gasteiger partial charge in [-0.1, -0.05) is 31.5 Å². The molecule has 3 N–H and O–H groups in total. The molecule has 0 saturated heterocycles. The highest BCUT2D eigenvalue weighted by Crippen LogP contribution is 2.35. The molecule has 0 unspecified atom stereocenters. The van der Waals surface area contributed by atoms with Crippen LogP contribution in [0.1, 0.15) is 25.5 Å². The average molecular weight is 232 g/mol. The molecule has 1 atom stereocenters. The predicted molar refractivity (Wildman–Crippen MR) is 59.2 cm³/mol. The molecule has 0 spiro atoms. The molecule has 4 heteroatoms. The molecule has 84 valence electrons. The van der Waals surface area contributed by atoms with Gasteiger partial charge in [-0.05, 0) is 12.1 Å². The summed E-state index contributed by atoms with van der Waals surface area (Å²) in [5.41, 5.74) is 5.56. The van der Waals surface area contributed by atoms with Crippen LogP contribution in [0.25, 0.3) is 0 Å². The molecule has 1 aromatic rings. The highest BCUT2D eigenvalue weighted by atomic mass is 35.5. The van der Waals surface area contributed by atoms with Crippen molar-refractivity contribution in [3.63, 3.8) is 0 Å². The summed E-state index contributed by atoms with van der Waals surface area (Å²) >= 11 is 5.89.